The van der Waals surface area contributed by atoms with E-state index in [0.29, 0.717) is 18.0 Å². The van der Waals surface area contributed by atoms with Gasteiger partial charge in [0.25, 0.3) is 0 Å². The fourth-order valence-corrected chi connectivity index (χ4v) is 3.59. The van der Waals surface area contributed by atoms with Crippen molar-refractivity contribution in [2.75, 3.05) is 19.6 Å². The van der Waals surface area contributed by atoms with Gasteiger partial charge in [0.1, 0.15) is 0 Å². The highest BCUT2D eigenvalue weighted by Crippen LogP contribution is 2.33. The predicted molar refractivity (Wildman–Crippen MR) is 85.4 cm³/mol. The standard InChI is InChI=1S/C17H32N2O2/c1-12(2)7-8-18-16-9-15(17(20)21)10-19(11-16)13(3)14-5-4-6-14/h12-16,18H,4-11H2,1-3H3,(H,20,21). The van der Waals surface area contributed by atoms with Gasteiger partial charge in [-0.15, -0.1) is 0 Å². The molecule has 1 saturated carbocycles. The molecule has 2 fully saturated rings. The number of hydrogen-bond acceptors (Lipinski definition) is 3. The van der Waals surface area contributed by atoms with Crippen molar-refractivity contribution in [3.05, 3.63) is 0 Å². The lowest BCUT2D eigenvalue weighted by molar-refractivity contribution is -0.144. The maximum absolute atomic E-state index is 11.4. The summed E-state index contributed by atoms with van der Waals surface area (Å²) in [5.74, 6) is 0.643. The van der Waals surface area contributed by atoms with Gasteiger partial charge in [-0.2, -0.15) is 0 Å². The Morgan fingerprint density at radius 3 is 2.52 bits per heavy atom. The average Bonchev–Trinajstić information content (AvgIpc) is 2.35. The number of piperidine rings is 1. The third-order valence-corrected chi connectivity index (χ3v) is 5.39. The van der Waals surface area contributed by atoms with Crippen molar-refractivity contribution in [2.45, 2.75) is 65.0 Å². The monoisotopic (exact) mass is 296 g/mol. The summed E-state index contributed by atoms with van der Waals surface area (Å²) in [5, 5.41) is 13.0. The summed E-state index contributed by atoms with van der Waals surface area (Å²) >= 11 is 0. The van der Waals surface area contributed by atoms with Crippen LogP contribution in [-0.4, -0.2) is 47.7 Å². The van der Waals surface area contributed by atoms with Gasteiger partial charge in [0.15, 0.2) is 0 Å². The number of carboxylic acids is 1. The van der Waals surface area contributed by atoms with Crippen molar-refractivity contribution in [2.24, 2.45) is 17.8 Å². The zero-order valence-electron chi connectivity index (χ0n) is 13.8. The molecule has 1 aliphatic heterocycles. The summed E-state index contributed by atoms with van der Waals surface area (Å²) in [5.41, 5.74) is 0. The Labute approximate surface area is 129 Å². The second-order valence-corrected chi connectivity index (χ2v) is 7.49. The fraction of sp³-hybridized carbons (Fsp3) is 0.941. The van der Waals surface area contributed by atoms with Crippen LogP contribution in [0.4, 0.5) is 0 Å². The number of carboxylic acid groups (broad SMARTS) is 1. The Morgan fingerprint density at radius 2 is 2.00 bits per heavy atom. The number of hydrogen-bond donors (Lipinski definition) is 2. The minimum atomic E-state index is -0.629. The van der Waals surface area contributed by atoms with Crippen molar-refractivity contribution in [3.63, 3.8) is 0 Å². The Balaban J connectivity index is 1.89. The molecule has 4 nitrogen and oxygen atoms in total. The Kier molecular flexibility index (Phi) is 6.06. The molecule has 2 rings (SSSR count). The molecule has 0 aromatic heterocycles. The van der Waals surface area contributed by atoms with Crippen molar-refractivity contribution >= 4 is 5.97 Å². The van der Waals surface area contributed by atoms with Crippen LogP contribution in [0.5, 0.6) is 0 Å². The van der Waals surface area contributed by atoms with Crippen molar-refractivity contribution in [1.82, 2.24) is 10.2 Å². The topological polar surface area (TPSA) is 52.6 Å². The van der Waals surface area contributed by atoms with Gasteiger partial charge in [0, 0.05) is 25.2 Å². The Morgan fingerprint density at radius 1 is 1.29 bits per heavy atom. The zero-order chi connectivity index (χ0) is 15.4. The number of likely N-dealkylation sites (tertiary alicyclic amines) is 1. The predicted octanol–water partition coefficient (Wildman–Crippen LogP) is 2.59. The summed E-state index contributed by atoms with van der Waals surface area (Å²) in [4.78, 5) is 13.9. The lowest BCUT2D eigenvalue weighted by Gasteiger charge is -2.45. The van der Waals surface area contributed by atoms with Gasteiger partial charge in [0.05, 0.1) is 5.92 Å². The van der Waals surface area contributed by atoms with E-state index >= 15 is 0 Å². The molecule has 1 aliphatic carbocycles. The molecule has 2 N–H and O–H groups in total. The van der Waals surface area contributed by atoms with E-state index in [4.69, 9.17) is 0 Å². The van der Waals surface area contributed by atoms with E-state index in [-0.39, 0.29) is 5.92 Å². The number of nitrogens with one attached hydrogen (secondary N) is 1. The molecule has 21 heavy (non-hydrogen) atoms. The molecular weight excluding hydrogens is 264 g/mol. The lowest BCUT2D eigenvalue weighted by Crippen LogP contribution is -2.55. The molecular formula is C17H32N2O2. The molecule has 3 atom stereocenters. The SMILES string of the molecule is CC(C)CCNC1CC(C(=O)O)CN(C(C)C2CCC2)C1. The Hall–Kier alpha value is -0.610. The largest absolute Gasteiger partial charge is 0.481 e. The van der Waals surface area contributed by atoms with Crippen LogP contribution in [0.15, 0.2) is 0 Å². The first kappa shape index (κ1) is 16.8. The van der Waals surface area contributed by atoms with E-state index in [1.807, 2.05) is 0 Å². The smallest absolute Gasteiger partial charge is 0.307 e. The maximum Gasteiger partial charge on any atom is 0.307 e. The van der Waals surface area contributed by atoms with Crippen molar-refractivity contribution in [1.29, 1.82) is 0 Å². The van der Waals surface area contributed by atoms with E-state index in [2.05, 4.69) is 31.0 Å². The van der Waals surface area contributed by atoms with Crippen LogP contribution < -0.4 is 5.32 Å². The third-order valence-electron chi connectivity index (χ3n) is 5.39. The zero-order valence-corrected chi connectivity index (χ0v) is 13.8. The molecule has 4 heteroatoms. The third kappa shape index (κ3) is 4.68. The molecule has 0 aromatic carbocycles. The molecule has 0 radical (unpaired) electrons. The molecule has 1 heterocycles. The number of aliphatic carboxylic acids is 1. The summed E-state index contributed by atoms with van der Waals surface area (Å²) in [6, 6.07) is 0.872. The average molecular weight is 296 g/mol. The van der Waals surface area contributed by atoms with Gasteiger partial charge in [0.2, 0.25) is 0 Å². The van der Waals surface area contributed by atoms with E-state index < -0.39 is 5.97 Å². The van der Waals surface area contributed by atoms with Crippen LogP contribution in [0, 0.1) is 17.8 Å². The fourth-order valence-electron chi connectivity index (χ4n) is 3.59. The van der Waals surface area contributed by atoms with Gasteiger partial charge in [-0.05, 0) is 51.0 Å². The summed E-state index contributed by atoms with van der Waals surface area (Å²) < 4.78 is 0. The lowest BCUT2D eigenvalue weighted by atomic mass is 9.78. The molecule has 0 aromatic rings. The number of carbonyl (C=O) groups is 1. The summed E-state index contributed by atoms with van der Waals surface area (Å²) in [6.07, 6.45) is 5.93. The molecule has 2 aliphatic rings. The first-order chi connectivity index (χ1) is 9.97. The van der Waals surface area contributed by atoms with E-state index in [1.165, 1.54) is 19.3 Å². The highest BCUT2D eigenvalue weighted by atomic mass is 16.4. The molecule has 0 amide bonds. The first-order valence-corrected chi connectivity index (χ1v) is 8.67. The van der Waals surface area contributed by atoms with Gasteiger partial charge < -0.3 is 10.4 Å². The van der Waals surface area contributed by atoms with Gasteiger partial charge >= 0.3 is 5.97 Å². The quantitative estimate of drug-likeness (QED) is 0.758. The molecule has 122 valence electrons. The minimum absolute atomic E-state index is 0.210. The van der Waals surface area contributed by atoms with E-state index in [9.17, 15) is 9.90 Å². The molecule has 3 unspecified atom stereocenters. The second kappa shape index (κ2) is 7.59. The molecule has 0 spiro atoms. The van der Waals surface area contributed by atoms with Crippen LogP contribution in [0.3, 0.4) is 0 Å². The van der Waals surface area contributed by atoms with Gasteiger partial charge in [-0.3, -0.25) is 9.69 Å². The summed E-state index contributed by atoms with van der Waals surface area (Å²) in [6.45, 7) is 9.50. The van der Waals surface area contributed by atoms with Crippen LogP contribution in [0.2, 0.25) is 0 Å². The number of rotatable bonds is 7. The Bertz CT molecular complexity index is 342. The van der Waals surface area contributed by atoms with Gasteiger partial charge in [-0.1, -0.05) is 20.3 Å². The van der Waals surface area contributed by atoms with E-state index in [1.54, 1.807) is 0 Å². The minimum Gasteiger partial charge on any atom is -0.481 e. The van der Waals surface area contributed by atoms with Crippen molar-refractivity contribution < 1.29 is 9.90 Å². The first-order valence-electron chi connectivity index (χ1n) is 8.67. The van der Waals surface area contributed by atoms with Gasteiger partial charge in [-0.25, -0.2) is 0 Å². The highest BCUT2D eigenvalue weighted by Gasteiger charge is 2.36. The van der Waals surface area contributed by atoms with E-state index in [0.717, 1.165) is 38.4 Å². The van der Waals surface area contributed by atoms with Crippen LogP contribution in [0.25, 0.3) is 0 Å². The summed E-state index contributed by atoms with van der Waals surface area (Å²) in [7, 11) is 0. The maximum atomic E-state index is 11.4. The molecule has 1 saturated heterocycles. The van der Waals surface area contributed by atoms with Crippen molar-refractivity contribution in [3.8, 4) is 0 Å². The highest BCUT2D eigenvalue weighted by molar-refractivity contribution is 5.70. The molecule has 0 bridgehead atoms. The normalized spacial score (nSPS) is 29.3. The second-order valence-electron chi connectivity index (χ2n) is 7.49. The van der Waals surface area contributed by atoms with Crippen LogP contribution in [0.1, 0.15) is 52.9 Å². The van der Waals surface area contributed by atoms with Crippen LogP contribution in [-0.2, 0) is 4.79 Å². The number of nitrogens with zero attached hydrogens (tertiary/aromatic N) is 1. The van der Waals surface area contributed by atoms with Crippen LogP contribution >= 0.6 is 0 Å².